The van der Waals surface area contributed by atoms with E-state index in [4.69, 9.17) is 10.5 Å². The molecule has 1 aliphatic heterocycles. The Labute approximate surface area is 94.1 Å². The number of nitrogens with zero attached hydrogens (tertiary/aromatic N) is 2. The van der Waals surface area contributed by atoms with E-state index in [1.54, 1.807) is 11.3 Å². The molecule has 0 radical (unpaired) electrons. The second-order valence-corrected chi connectivity index (χ2v) is 5.34. The van der Waals surface area contributed by atoms with Crippen LogP contribution >= 0.6 is 11.3 Å². The monoisotopic (exact) mass is 227 g/mol. The first-order valence-electron chi connectivity index (χ1n) is 5.15. The van der Waals surface area contributed by atoms with Crippen LogP contribution in [0.25, 0.3) is 0 Å². The fourth-order valence-corrected chi connectivity index (χ4v) is 2.45. The summed E-state index contributed by atoms with van der Waals surface area (Å²) >= 11 is 1.68. The third-order valence-electron chi connectivity index (χ3n) is 2.41. The molecule has 2 heterocycles. The van der Waals surface area contributed by atoms with E-state index in [1.165, 1.54) is 0 Å². The van der Waals surface area contributed by atoms with Crippen LogP contribution in [0, 0.1) is 0 Å². The molecule has 2 N–H and O–H groups in total. The van der Waals surface area contributed by atoms with E-state index in [2.05, 4.69) is 9.88 Å². The SMILES string of the molecule is CC(C)(N)c1cnc(N2CCOCC2)s1. The van der Waals surface area contributed by atoms with Gasteiger partial charge in [0.2, 0.25) is 0 Å². The highest BCUT2D eigenvalue weighted by atomic mass is 32.1. The minimum atomic E-state index is -0.289. The molecule has 1 aromatic heterocycles. The normalized spacial score (nSPS) is 18.2. The van der Waals surface area contributed by atoms with E-state index in [1.807, 2.05) is 20.0 Å². The molecule has 1 aliphatic rings. The van der Waals surface area contributed by atoms with Crippen molar-refractivity contribution in [2.45, 2.75) is 19.4 Å². The van der Waals surface area contributed by atoms with E-state index in [9.17, 15) is 0 Å². The van der Waals surface area contributed by atoms with Crippen LogP contribution in [0.2, 0.25) is 0 Å². The number of hydrogen-bond donors (Lipinski definition) is 1. The lowest BCUT2D eigenvalue weighted by atomic mass is 10.1. The number of rotatable bonds is 2. The van der Waals surface area contributed by atoms with Gasteiger partial charge in [0, 0.05) is 29.7 Å². The topological polar surface area (TPSA) is 51.4 Å². The number of anilines is 1. The predicted molar refractivity (Wildman–Crippen MR) is 62.4 cm³/mol. The summed E-state index contributed by atoms with van der Waals surface area (Å²) in [6.07, 6.45) is 1.88. The maximum absolute atomic E-state index is 6.03. The molecule has 0 aromatic carbocycles. The molecule has 84 valence electrons. The average Bonchev–Trinajstić information content (AvgIpc) is 2.67. The Bertz CT molecular complexity index is 326. The van der Waals surface area contributed by atoms with Gasteiger partial charge in [0.15, 0.2) is 5.13 Å². The third kappa shape index (κ3) is 2.48. The maximum atomic E-state index is 6.03. The molecular formula is C10H17N3OS. The van der Waals surface area contributed by atoms with Crippen molar-refractivity contribution in [3.05, 3.63) is 11.1 Å². The van der Waals surface area contributed by atoms with Gasteiger partial charge in [-0.2, -0.15) is 0 Å². The highest BCUT2D eigenvalue weighted by Gasteiger charge is 2.20. The summed E-state index contributed by atoms with van der Waals surface area (Å²) < 4.78 is 5.31. The van der Waals surface area contributed by atoms with Crippen molar-refractivity contribution in [2.24, 2.45) is 5.73 Å². The van der Waals surface area contributed by atoms with Crippen LogP contribution in [0.15, 0.2) is 6.20 Å². The van der Waals surface area contributed by atoms with Crippen molar-refractivity contribution in [1.29, 1.82) is 0 Å². The number of aromatic nitrogens is 1. The summed E-state index contributed by atoms with van der Waals surface area (Å²) in [4.78, 5) is 7.80. The summed E-state index contributed by atoms with van der Waals surface area (Å²) in [5.41, 5.74) is 5.74. The lowest BCUT2D eigenvalue weighted by molar-refractivity contribution is 0.122. The molecule has 0 unspecified atom stereocenters. The zero-order chi connectivity index (χ0) is 10.9. The number of hydrogen-bond acceptors (Lipinski definition) is 5. The standard InChI is InChI=1S/C10H17N3OS/c1-10(2,11)8-7-12-9(15-8)13-3-5-14-6-4-13/h7H,3-6,11H2,1-2H3. The van der Waals surface area contributed by atoms with Gasteiger partial charge in [-0.1, -0.05) is 0 Å². The Morgan fingerprint density at radius 2 is 2.13 bits per heavy atom. The quantitative estimate of drug-likeness (QED) is 0.824. The Hall–Kier alpha value is -0.650. The van der Waals surface area contributed by atoms with Gasteiger partial charge in [0.1, 0.15) is 0 Å². The lowest BCUT2D eigenvalue weighted by Gasteiger charge is -2.26. The van der Waals surface area contributed by atoms with E-state index in [0.29, 0.717) is 0 Å². The van der Waals surface area contributed by atoms with Gasteiger partial charge in [0.05, 0.1) is 13.2 Å². The van der Waals surface area contributed by atoms with Crippen LogP contribution in [0.1, 0.15) is 18.7 Å². The highest BCUT2D eigenvalue weighted by molar-refractivity contribution is 7.15. The molecule has 5 heteroatoms. The van der Waals surface area contributed by atoms with Crippen molar-refractivity contribution < 1.29 is 4.74 Å². The summed E-state index contributed by atoms with van der Waals surface area (Å²) in [6, 6.07) is 0. The predicted octanol–water partition coefficient (Wildman–Crippen LogP) is 1.17. The fourth-order valence-electron chi connectivity index (χ4n) is 1.46. The van der Waals surface area contributed by atoms with Crippen LogP contribution in [0.3, 0.4) is 0 Å². The molecule has 4 nitrogen and oxygen atoms in total. The van der Waals surface area contributed by atoms with Crippen LogP contribution in [0.4, 0.5) is 5.13 Å². The maximum Gasteiger partial charge on any atom is 0.185 e. The van der Waals surface area contributed by atoms with E-state index < -0.39 is 0 Å². The van der Waals surface area contributed by atoms with Gasteiger partial charge in [-0.3, -0.25) is 0 Å². The molecular weight excluding hydrogens is 210 g/mol. The Kier molecular flexibility index (Phi) is 2.95. The Morgan fingerprint density at radius 3 is 2.67 bits per heavy atom. The molecule has 1 fully saturated rings. The highest BCUT2D eigenvalue weighted by Crippen LogP contribution is 2.29. The van der Waals surface area contributed by atoms with Gasteiger partial charge < -0.3 is 15.4 Å². The summed E-state index contributed by atoms with van der Waals surface area (Å²) in [6.45, 7) is 7.45. The minimum absolute atomic E-state index is 0.289. The second kappa shape index (κ2) is 4.08. The van der Waals surface area contributed by atoms with Crippen molar-refractivity contribution in [3.63, 3.8) is 0 Å². The molecule has 0 spiro atoms. The van der Waals surface area contributed by atoms with Gasteiger partial charge in [-0.25, -0.2) is 4.98 Å². The van der Waals surface area contributed by atoms with E-state index in [0.717, 1.165) is 36.3 Å². The van der Waals surface area contributed by atoms with Crippen molar-refractivity contribution >= 4 is 16.5 Å². The zero-order valence-corrected chi connectivity index (χ0v) is 10.0. The van der Waals surface area contributed by atoms with Crippen molar-refractivity contribution in [1.82, 2.24) is 4.98 Å². The molecule has 15 heavy (non-hydrogen) atoms. The van der Waals surface area contributed by atoms with Crippen LogP contribution in [-0.4, -0.2) is 31.3 Å². The van der Waals surface area contributed by atoms with Gasteiger partial charge in [-0.05, 0) is 13.8 Å². The molecule has 1 aromatic rings. The van der Waals surface area contributed by atoms with Gasteiger partial charge in [-0.15, -0.1) is 11.3 Å². The molecule has 1 saturated heterocycles. The van der Waals surface area contributed by atoms with Gasteiger partial charge in [0.25, 0.3) is 0 Å². The Balaban J connectivity index is 2.12. The van der Waals surface area contributed by atoms with Crippen LogP contribution in [0.5, 0.6) is 0 Å². The molecule has 0 bridgehead atoms. The molecule has 0 atom stereocenters. The first-order valence-corrected chi connectivity index (χ1v) is 5.97. The first-order chi connectivity index (χ1) is 7.07. The van der Waals surface area contributed by atoms with Crippen molar-refractivity contribution in [2.75, 3.05) is 31.2 Å². The third-order valence-corrected chi connectivity index (χ3v) is 3.81. The average molecular weight is 227 g/mol. The van der Waals surface area contributed by atoms with E-state index >= 15 is 0 Å². The van der Waals surface area contributed by atoms with Crippen LogP contribution in [-0.2, 0) is 10.3 Å². The smallest absolute Gasteiger partial charge is 0.185 e. The van der Waals surface area contributed by atoms with Crippen molar-refractivity contribution in [3.8, 4) is 0 Å². The summed E-state index contributed by atoms with van der Waals surface area (Å²) in [7, 11) is 0. The number of nitrogens with two attached hydrogens (primary N) is 1. The first kappa shape index (κ1) is 10.9. The summed E-state index contributed by atoms with van der Waals surface area (Å²) in [5.74, 6) is 0. The second-order valence-electron chi connectivity index (χ2n) is 4.33. The molecule has 0 amide bonds. The Morgan fingerprint density at radius 1 is 1.47 bits per heavy atom. The minimum Gasteiger partial charge on any atom is -0.378 e. The lowest BCUT2D eigenvalue weighted by Crippen LogP contribution is -2.36. The number of thiazole rings is 1. The molecule has 2 rings (SSSR count). The summed E-state index contributed by atoms with van der Waals surface area (Å²) in [5, 5.41) is 1.06. The van der Waals surface area contributed by atoms with E-state index in [-0.39, 0.29) is 5.54 Å². The molecule has 0 aliphatic carbocycles. The molecule has 0 saturated carbocycles. The largest absolute Gasteiger partial charge is 0.378 e. The van der Waals surface area contributed by atoms with Crippen LogP contribution < -0.4 is 10.6 Å². The fraction of sp³-hybridized carbons (Fsp3) is 0.700. The van der Waals surface area contributed by atoms with Gasteiger partial charge >= 0.3 is 0 Å². The number of ether oxygens (including phenoxy) is 1. The number of morpholine rings is 1. The zero-order valence-electron chi connectivity index (χ0n) is 9.19.